The minimum absolute atomic E-state index is 0.851. The van der Waals surface area contributed by atoms with Crippen LogP contribution in [0.3, 0.4) is 0 Å². The van der Waals surface area contributed by atoms with Crippen LogP contribution >= 0.6 is 0 Å². The van der Waals surface area contributed by atoms with Crippen LogP contribution < -0.4 is 5.32 Å². The third-order valence-electron chi connectivity index (χ3n) is 4.26. The highest BCUT2D eigenvalue weighted by Crippen LogP contribution is 2.26. The molecule has 0 saturated carbocycles. The molecule has 3 heteroatoms. The van der Waals surface area contributed by atoms with E-state index in [9.17, 15) is 0 Å². The van der Waals surface area contributed by atoms with Crippen molar-refractivity contribution in [2.24, 2.45) is 0 Å². The number of nitrogens with zero attached hydrogens (tertiary/aromatic N) is 1. The van der Waals surface area contributed by atoms with Crippen molar-refractivity contribution in [2.75, 3.05) is 20.3 Å². The second kappa shape index (κ2) is 7.62. The Balaban J connectivity index is 2.23. The SMILES string of the molecule is CCNCc1ccc2c(c1)c(C)c(C)n2CCCCOC. The van der Waals surface area contributed by atoms with Crippen LogP contribution in [-0.2, 0) is 17.8 Å². The smallest absolute Gasteiger partial charge is 0.0485 e. The average Bonchev–Trinajstić information content (AvgIpc) is 2.74. The fourth-order valence-corrected chi connectivity index (χ4v) is 2.88. The Morgan fingerprint density at radius 1 is 1.19 bits per heavy atom. The van der Waals surface area contributed by atoms with Crippen molar-refractivity contribution in [1.29, 1.82) is 0 Å². The van der Waals surface area contributed by atoms with E-state index in [2.05, 4.69) is 48.9 Å². The molecule has 0 atom stereocenters. The average molecular weight is 288 g/mol. The fraction of sp³-hybridized carbons (Fsp3) is 0.556. The molecule has 2 rings (SSSR count). The number of nitrogens with one attached hydrogen (secondary N) is 1. The van der Waals surface area contributed by atoms with Crippen molar-refractivity contribution in [1.82, 2.24) is 9.88 Å². The van der Waals surface area contributed by atoms with Gasteiger partial charge in [-0.1, -0.05) is 13.0 Å². The van der Waals surface area contributed by atoms with E-state index < -0.39 is 0 Å². The van der Waals surface area contributed by atoms with Gasteiger partial charge < -0.3 is 14.6 Å². The summed E-state index contributed by atoms with van der Waals surface area (Å²) in [5.41, 5.74) is 5.53. The number of hydrogen-bond donors (Lipinski definition) is 1. The second-order valence-electron chi connectivity index (χ2n) is 5.69. The molecule has 0 aliphatic heterocycles. The van der Waals surface area contributed by atoms with Crippen LogP contribution in [0.15, 0.2) is 18.2 Å². The summed E-state index contributed by atoms with van der Waals surface area (Å²) in [5.74, 6) is 0. The summed E-state index contributed by atoms with van der Waals surface area (Å²) in [7, 11) is 1.77. The maximum absolute atomic E-state index is 5.14. The van der Waals surface area contributed by atoms with Gasteiger partial charge in [0.2, 0.25) is 0 Å². The molecule has 0 spiro atoms. The van der Waals surface area contributed by atoms with Crippen molar-refractivity contribution in [3.05, 3.63) is 35.0 Å². The number of hydrogen-bond acceptors (Lipinski definition) is 2. The Morgan fingerprint density at radius 3 is 2.71 bits per heavy atom. The van der Waals surface area contributed by atoms with Gasteiger partial charge >= 0.3 is 0 Å². The van der Waals surface area contributed by atoms with Gasteiger partial charge in [-0.15, -0.1) is 0 Å². The maximum atomic E-state index is 5.14. The van der Waals surface area contributed by atoms with Crippen LogP contribution in [0, 0.1) is 13.8 Å². The number of ether oxygens (including phenoxy) is 1. The lowest BCUT2D eigenvalue weighted by Gasteiger charge is -2.09. The van der Waals surface area contributed by atoms with Crippen molar-refractivity contribution < 1.29 is 4.74 Å². The van der Waals surface area contributed by atoms with Crippen molar-refractivity contribution in [2.45, 2.75) is 46.7 Å². The highest BCUT2D eigenvalue weighted by molar-refractivity contribution is 5.86. The summed E-state index contributed by atoms with van der Waals surface area (Å²) in [6, 6.07) is 6.86. The first-order valence-corrected chi connectivity index (χ1v) is 7.97. The summed E-state index contributed by atoms with van der Waals surface area (Å²) in [6.45, 7) is 10.5. The standard InChI is InChI=1S/C18H28N2O/c1-5-19-13-16-8-9-18-17(12-16)14(2)15(3)20(18)10-6-7-11-21-4/h8-9,12,19H,5-7,10-11,13H2,1-4H3. The van der Waals surface area contributed by atoms with Gasteiger partial charge in [-0.05, 0) is 56.5 Å². The monoisotopic (exact) mass is 288 g/mol. The molecule has 1 aromatic heterocycles. The zero-order valence-electron chi connectivity index (χ0n) is 13.8. The molecule has 1 N–H and O–H groups in total. The summed E-state index contributed by atoms with van der Waals surface area (Å²) >= 11 is 0. The molecule has 1 heterocycles. The third-order valence-corrected chi connectivity index (χ3v) is 4.26. The van der Waals surface area contributed by atoms with E-state index in [1.165, 1.54) is 27.7 Å². The number of aryl methyl sites for hydroxylation is 2. The number of unbranched alkanes of at least 4 members (excludes halogenated alkanes) is 1. The maximum Gasteiger partial charge on any atom is 0.0485 e. The van der Waals surface area contributed by atoms with Gasteiger partial charge in [0.05, 0.1) is 0 Å². The molecule has 0 radical (unpaired) electrons. The van der Waals surface area contributed by atoms with Crippen molar-refractivity contribution in [3.63, 3.8) is 0 Å². The normalized spacial score (nSPS) is 11.4. The summed E-state index contributed by atoms with van der Waals surface area (Å²) in [6.07, 6.45) is 2.28. The van der Waals surface area contributed by atoms with Gasteiger partial charge in [0.15, 0.2) is 0 Å². The topological polar surface area (TPSA) is 26.2 Å². The molecule has 0 unspecified atom stereocenters. The molecule has 0 aliphatic rings. The third kappa shape index (κ3) is 3.66. The van der Waals surface area contributed by atoms with E-state index in [1.807, 2.05) is 0 Å². The van der Waals surface area contributed by atoms with Crippen LogP contribution in [0.5, 0.6) is 0 Å². The molecule has 0 aliphatic carbocycles. The molecule has 0 fully saturated rings. The van der Waals surface area contributed by atoms with E-state index in [1.54, 1.807) is 7.11 Å². The van der Waals surface area contributed by atoms with Crippen LogP contribution in [0.1, 0.15) is 36.6 Å². The predicted octanol–water partition coefficient (Wildman–Crippen LogP) is 3.79. The first-order valence-electron chi connectivity index (χ1n) is 7.97. The molecular formula is C18H28N2O. The number of benzene rings is 1. The molecule has 21 heavy (non-hydrogen) atoms. The van der Waals surface area contributed by atoms with E-state index in [4.69, 9.17) is 4.74 Å². The van der Waals surface area contributed by atoms with E-state index >= 15 is 0 Å². The van der Waals surface area contributed by atoms with Crippen molar-refractivity contribution >= 4 is 10.9 Å². The molecular weight excluding hydrogens is 260 g/mol. The lowest BCUT2D eigenvalue weighted by molar-refractivity contribution is 0.191. The van der Waals surface area contributed by atoms with E-state index in [-0.39, 0.29) is 0 Å². The zero-order valence-corrected chi connectivity index (χ0v) is 13.8. The zero-order chi connectivity index (χ0) is 15.2. The second-order valence-corrected chi connectivity index (χ2v) is 5.69. The molecule has 2 aromatic rings. The lowest BCUT2D eigenvalue weighted by atomic mass is 10.1. The molecule has 0 bridgehead atoms. The van der Waals surface area contributed by atoms with Crippen LogP contribution in [0.25, 0.3) is 10.9 Å². The molecule has 0 amide bonds. The first kappa shape index (κ1) is 16.1. The Labute approximate surface area is 128 Å². The predicted molar refractivity (Wildman–Crippen MR) is 89.9 cm³/mol. The van der Waals surface area contributed by atoms with E-state index in [0.717, 1.165) is 39.1 Å². The minimum atomic E-state index is 0.851. The van der Waals surface area contributed by atoms with Gasteiger partial charge in [0.25, 0.3) is 0 Å². The van der Waals surface area contributed by atoms with Gasteiger partial charge in [-0.2, -0.15) is 0 Å². The summed E-state index contributed by atoms with van der Waals surface area (Å²) < 4.78 is 7.60. The molecule has 1 aromatic carbocycles. The van der Waals surface area contributed by atoms with Gasteiger partial charge in [-0.25, -0.2) is 0 Å². The Hall–Kier alpha value is -1.32. The molecule has 3 nitrogen and oxygen atoms in total. The molecule has 0 saturated heterocycles. The van der Waals surface area contributed by atoms with E-state index in [0.29, 0.717) is 0 Å². The van der Waals surface area contributed by atoms with Crippen LogP contribution in [0.4, 0.5) is 0 Å². The highest BCUT2D eigenvalue weighted by Gasteiger charge is 2.11. The lowest BCUT2D eigenvalue weighted by Crippen LogP contribution is -2.11. The van der Waals surface area contributed by atoms with Crippen LogP contribution in [0.2, 0.25) is 0 Å². The van der Waals surface area contributed by atoms with Crippen molar-refractivity contribution in [3.8, 4) is 0 Å². The van der Waals surface area contributed by atoms with Gasteiger partial charge in [0.1, 0.15) is 0 Å². The first-order chi connectivity index (χ1) is 10.2. The van der Waals surface area contributed by atoms with Crippen LogP contribution in [-0.4, -0.2) is 24.8 Å². The number of rotatable bonds is 8. The Bertz CT molecular complexity index is 586. The fourth-order valence-electron chi connectivity index (χ4n) is 2.88. The summed E-state index contributed by atoms with van der Waals surface area (Å²) in [5, 5.41) is 4.80. The number of aromatic nitrogens is 1. The largest absolute Gasteiger partial charge is 0.385 e. The number of fused-ring (bicyclic) bond motifs is 1. The van der Waals surface area contributed by atoms with Gasteiger partial charge in [-0.3, -0.25) is 0 Å². The Kier molecular flexibility index (Phi) is 5.83. The highest BCUT2D eigenvalue weighted by atomic mass is 16.5. The Morgan fingerprint density at radius 2 is 2.00 bits per heavy atom. The minimum Gasteiger partial charge on any atom is -0.385 e. The quantitative estimate of drug-likeness (QED) is 0.748. The van der Waals surface area contributed by atoms with Gasteiger partial charge in [0, 0.05) is 43.4 Å². The summed E-state index contributed by atoms with van der Waals surface area (Å²) in [4.78, 5) is 0. The molecule has 116 valence electrons. The number of methoxy groups -OCH3 is 1.